The maximum Gasteiger partial charge on any atom is 0.412 e. The number of amides is 1. The highest BCUT2D eigenvalue weighted by Crippen LogP contribution is 2.29. The van der Waals surface area contributed by atoms with Crippen molar-refractivity contribution in [2.45, 2.75) is 47.1 Å². The molecule has 1 aromatic heterocycles. The summed E-state index contributed by atoms with van der Waals surface area (Å²) in [4.78, 5) is 31.0. The monoisotopic (exact) mass is 548 g/mol. The topological polar surface area (TPSA) is 141 Å². The summed E-state index contributed by atoms with van der Waals surface area (Å²) in [7, 11) is 0. The molecule has 1 aromatic carbocycles. The number of aromatic nitrogens is 2. The number of ether oxygens (including phenoxy) is 2. The van der Waals surface area contributed by atoms with E-state index < -0.39 is 33.9 Å². The Bertz CT molecular complexity index is 1230. The average Bonchev–Trinajstić information content (AvgIpc) is 2.85. The van der Waals surface area contributed by atoms with Gasteiger partial charge in [0.25, 0.3) is 0 Å². The van der Waals surface area contributed by atoms with Crippen LogP contribution in [0.1, 0.15) is 41.5 Å². The first kappa shape index (κ1) is 32.5. The fraction of sp³-hybridized carbons (Fsp3) is 0.346. The highest BCUT2D eigenvalue weighted by atomic mass is 19.1. The Morgan fingerprint density at radius 3 is 2.46 bits per heavy atom. The number of allylic oxidation sites excluding steroid dienone is 1. The van der Waals surface area contributed by atoms with E-state index >= 15 is 0 Å². The van der Waals surface area contributed by atoms with Gasteiger partial charge in [-0.3, -0.25) is 15.4 Å². The van der Waals surface area contributed by atoms with Gasteiger partial charge in [-0.2, -0.15) is 4.98 Å². The van der Waals surface area contributed by atoms with Crippen molar-refractivity contribution in [1.82, 2.24) is 9.97 Å². The van der Waals surface area contributed by atoms with E-state index in [9.17, 15) is 23.7 Å². The molecule has 2 aromatic rings. The van der Waals surface area contributed by atoms with Crippen molar-refractivity contribution in [3.05, 3.63) is 76.7 Å². The third kappa shape index (κ3) is 10.4. The Hall–Kier alpha value is -4.55. The summed E-state index contributed by atoms with van der Waals surface area (Å²) in [6.45, 7) is 17.5. The molecule has 1 heterocycles. The summed E-state index contributed by atoms with van der Waals surface area (Å²) >= 11 is 0. The average molecular weight is 549 g/mol. The zero-order valence-corrected chi connectivity index (χ0v) is 22.9. The second-order valence-corrected chi connectivity index (χ2v) is 8.38. The number of hydrogen-bond acceptors (Lipinski definition) is 9. The lowest BCUT2D eigenvalue weighted by molar-refractivity contribution is -0.384. The Morgan fingerprint density at radius 2 is 1.92 bits per heavy atom. The highest BCUT2D eigenvalue weighted by molar-refractivity contribution is 5.90. The van der Waals surface area contributed by atoms with Crippen LogP contribution in [0, 0.1) is 15.9 Å². The number of nitro groups is 1. The van der Waals surface area contributed by atoms with Gasteiger partial charge in [0, 0.05) is 12.1 Å². The van der Waals surface area contributed by atoms with Crippen LogP contribution >= 0.6 is 0 Å². The van der Waals surface area contributed by atoms with Gasteiger partial charge in [0.15, 0.2) is 11.6 Å². The SMILES string of the molecule is C=C/C(CNc1nc(Nc2cc(F)ccc2NC(=O)OC(C)(C)C)ncc1[N+](=O)[O-])=C(/OCC)C(=C)F.CC. The van der Waals surface area contributed by atoms with E-state index in [0.717, 1.165) is 18.3 Å². The van der Waals surface area contributed by atoms with Gasteiger partial charge in [-0.1, -0.05) is 33.1 Å². The summed E-state index contributed by atoms with van der Waals surface area (Å²) in [5.41, 5.74) is -0.797. The molecule has 0 fully saturated rings. The van der Waals surface area contributed by atoms with Crippen LogP contribution in [0.2, 0.25) is 0 Å². The second-order valence-electron chi connectivity index (χ2n) is 8.38. The highest BCUT2D eigenvalue weighted by Gasteiger charge is 2.21. The molecule has 1 amide bonds. The maximum atomic E-state index is 14.0. The first-order chi connectivity index (χ1) is 18.3. The molecule has 3 N–H and O–H groups in total. The fourth-order valence-corrected chi connectivity index (χ4v) is 2.88. The quantitative estimate of drug-likeness (QED) is 0.117. The molecule has 0 unspecified atom stereocenters. The molecular weight excluding hydrogens is 514 g/mol. The molecule has 0 saturated heterocycles. The van der Waals surface area contributed by atoms with E-state index in [1.807, 2.05) is 13.8 Å². The van der Waals surface area contributed by atoms with Gasteiger partial charge in [0.05, 0.1) is 22.9 Å². The summed E-state index contributed by atoms with van der Waals surface area (Å²) < 4.78 is 38.2. The third-order valence-corrected chi connectivity index (χ3v) is 4.35. The molecule has 212 valence electrons. The predicted octanol–water partition coefficient (Wildman–Crippen LogP) is 7.01. The number of carbonyl (C=O) groups excluding carboxylic acids is 1. The van der Waals surface area contributed by atoms with Crippen molar-refractivity contribution in [2.75, 3.05) is 29.1 Å². The predicted molar refractivity (Wildman–Crippen MR) is 147 cm³/mol. The van der Waals surface area contributed by atoms with E-state index in [-0.39, 0.29) is 47.6 Å². The number of anilines is 4. The maximum absolute atomic E-state index is 14.0. The van der Waals surface area contributed by atoms with E-state index in [1.165, 1.54) is 12.1 Å². The van der Waals surface area contributed by atoms with Gasteiger partial charge in [-0.05, 0) is 45.9 Å². The van der Waals surface area contributed by atoms with Crippen LogP contribution in [-0.2, 0) is 9.47 Å². The van der Waals surface area contributed by atoms with Crippen LogP contribution in [0.15, 0.2) is 60.8 Å². The van der Waals surface area contributed by atoms with Gasteiger partial charge in [0.1, 0.15) is 17.6 Å². The Labute approximate surface area is 226 Å². The molecule has 0 radical (unpaired) electrons. The van der Waals surface area contributed by atoms with Crippen molar-refractivity contribution in [2.24, 2.45) is 0 Å². The van der Waals surface area contributed by atoms with Gasteiger partial charge in [-0.25, -0.2) is 18.6 Å². The van der Waals surface area contributed by atoms with Crippen LogP contribution < -0.4 is 16.0 Å². The molecule has 0 spiro atoms. The first-order valence-corrected chi connectivity index (χ1v) is 12.0. The summed E-state index contributed by atoms with van der Waals surface area (Å²) in [6.07, 6.45) is 1.47. The van der Waals surface area contributed by atoms with Crippen molar-refractivity contribution in [3.8, 4) is 0 Å². The molecule has 13 heteroatoms. The number of nitrogens with zero attached hydrogens (tertiary/aromatic N) is 3. The molecule has 2 rings (SSSR count). The molecule has 0 bridgehead atoms. The third-order valence-electron chi connectivity index (χ3n) is 4.35. The van der Waals surface area contributed by atoms with Crippen molar-refractivity contribution in [3.63, 3.8) is 0 Å². The minimum Gasteiger partial charge on any atom is -0.490 e. The summed E-state index contributed by atoms with van der Waals surface area (Å²) in [5.74, 6) is -2.00. The molecule has 0 aliphatic heterocycles. The minimum absolute atomic E-state index is 0.0599. The number of benzene rings is 1. The molecule has 0 saturated carbocycles. The number of carbonyl (C=O) groups is 1. The Morgan fingerprint density at radius 1 is 1.26 bits per heavy atom. The molecular formula is C26H34F2N6O5. The molecule has 0 aliphatic carbocycles. The van der Waals surface area contributed by atoms with Crippen LogP contribution in [0.3, 0.4) is 0 Å². The molecule has 11 nitrogen and oxygen atoms in total. The van der Waals surface area contributed by atoms with Gasteiger partial charge in [-0.15, -0.1) is 0 Å². The van der Waals surface area contributed by atoms with E-state index in [1.54, 1.807) is 27.7 Å². The fourth-order valence-electron chi connectivity index (χ4n) is 2.88. The lowest BCUT2D eigenvalue weighted by Gasteiger charge is -2.20. The van der Waals surface area contributed by atoms with Crippen LogP contribution in [0.25, 0.3) is 0 Å². The standard InChI is InChI=1S/C24H28F2N6O5.C2H6/c1-7-15(20(14(3)25)36-8-2)12-27-21-19(32(34)35)13-28-22(31-21)29-18-11-16(26)9-10-17(18)30-23(33)37-24(4,5)6;1-2/h7,9-11,13H,1,3,8,12H2,2,4-6H3,(H,30,33)(H2,27,28,29,31);1-2H3/b20-15-;. The lowest BCUT2D eigenvalue weighted by atomic mass is 10.2. The molecule has 0 atom stereocenters. The van der Waals surface area contributed by atoms with E-state index in [0.29, 0.717) is 0 Å². The van der Waals surface area contributed by atoms with Gasteiger partial charge < -0.3 is 20.1 Å². The molecule has 0 aliphatic rings. The number of hydrogen-bond donors (Lipinski definition) is 3. The zero-order chi connectivity index (χ0) is 29.8. The zero-order valence-electron chi connectivity index (χ0n) is 22.9. The van der Waals surface area contributed by atoms with Gasteiger partial charge >= 0.3 is 11.8 Å². The van der Waals surface area contributed by atoms with E-state index in [4.69, 9.17) is 9.47 Å². The van der Waals surface area contributed by atoms with Crippen molar-refractivity contribution >= 4 is 34.9 Å². The summed E-state index contributed by atoms with van der Waals surface area (Å²) in [6, 6.07) is 3.50. The number of rotatable bonds is 11. The largest absolute Gasteiger partial charge is 0.490 e. The summed E-state index contributed by atoms with van der Waals surface area (Å²) in [5, 5.41) is 19.5. The second kappa shape index (κ2) is 15.0. The van der Waals surface area contributed by atoms with Gasteiger partial charge in [0.2, 0.25) is 11.8 Å². The number of halogens is 2. The smallest absolute Gasteiger partial charge is 0.412 e. The van der Waals surface area contributed by atoms with Crippen LogP contribution in [0.4, 0.5) is 42.4 Å². The molecule has 39 heavy (non-hydrogen) atoms. The van der Waals surface area contributed by atoms with Crippen molar-refractivity contribution in [1.29, 1.82) is 0 Å². The Kier molecular flexibility index (Phi) is 12.5. The van der Waals surface area contributed by atoms with Crippen LogP contribution in [-0.4, -0.2) is 39.7 Å². The Balaban J connectivity index is 0.00000371. The lowest BCUT2D eigenvalue weighted by Crippen LogP contribution is -2.27. The normalized spacial score (nSPS) is 11.2. The van der Waals surface area contributed by atoms with Crippen molar-refractivity contribution < 1.29 is 28.0 Å². The van der Waals surface area contributed by atoms with Crippen LogP contribution in [0.5, 0.6) is 0 Å². The van der Waals surface area contributed by atoms with E-state index in [2.05, 4.69) is 39.1 Å². The minimum atomic E-state index is -0.839. The number of nitrogens with one attached hydrogen (secondary N) is 3. The first-order valence-electron chi connectivity index (χ1n) is 12.0.